The molecule has 0 aromatic heterocycles. The van der Waals surface area contributed by atoms with Crippen molar-refractivity contribution in [3.63, 3.8) is 0 Å². The molecule has 0 aromatic carbocycles. The molecule has 18 heavy (non-hydrogen) atoms. The summed E-state index contributed by atoms with van der Waals surface area (Å²) in [5.41, 5.74) is 4.93. The van der Waals surface area contributed by atoms with E-state index >= 15 is 0 Å². The summed E-state index contributed by atoms with van der Waals surface area (Å²) in [5.74, 6) is 0.985. The van der Waals surface area contributed by atoms with Gasteiger partial charge in [0.2, 0.25) is 11.8 Å². The maximum absolute atomic E-state index is 11.9. The minimum Gasteiger partial charge on any atom is -0.370 e. The Labute approximate surface area is 108 Å². The van der Waals surface area contributed by atoms with Gasteiger partial charge >= 0.3 is 0 Å². The van der Waals surface area contributed by atoms with Crippen molar-refractivity contribution in [3.05, 3.63) is 0 Å². The maximum atomic E-state index is 11.9. The predicted molar refractivity (Wildman–Crippen MR) is 68.7 cm³/mol. The molecule has 5 nitrogen and oxygen atoms in total. The molecular weight excluding hydrogens is 232 g/mol. The number of hydrogen-bond acceptors (Lipinski definition) is 3. The number of rotatable bonds is 6. The van der Waals surface area contributed by atoms with Gasteiger partial charge in [0.15, 0.2) is 0 Å². The average molecular weight is 256 g/mol. The molecule has 0 saturated heterocycles. The first-order chi connectivity index (χ1) is 8.49. The SMILES string of the molecule is CC1CC(C)CC(C(=O)NCCOCC(N)=O)C1. The second kappa shape index (κ2) is 7.36. The third-order valence-corrected chi connectivity index (χ3v) is 3.34. The van der Waals surface area contributed by atoms with Gasteiger partial charge in [-0.15, -0.1) is 0 Å². The lowest BCUT2D eigenvalue weighted by molar-refractivity contribution is -0.127. The van der Waals surface area contributed by atoms with Crippen LogP contribution in [-0.4, -0.2) is 31.6 Å². The van der Waals surface area contributed by atoms with Crippen LogP contribution in [0.25, 0.3) is 0 Å². The van der Waals surface area contributed by atoms with Gasteiger partial charge in [-0.2, -0.15) is 0 Å². The summed E-state index contributed by atoms with van der Waals surface area (Å²) in [6.45, 7) is 5.07. The van der Waals surface area contributed by atoms with Gasteiger partial charge in [-0.1, -0.05) is 13.8 Å². The van der Waals surface area contributed by atoms with Crippen LogP contribution in [0.5, 0.6) is 0 Å². The van der Waals surface area contributed by atoms with E-state index in [9.17, 15) is 9.59 Å². The van der Waals surface area contributed by atoms with Crippen molar-refractivity contribution in [1.29, 1.82) is 0 Å². The largest absolute Gasteiger partial charge is 0.370 e. The Kier molecular flexibility index (Phi) is 6.12. The summed E-state index contributed by atoms with van der Waals surface area (Å²) in [6.07, 6.45) is 3.15. The van der Waals surface area contributed by atoms with E-state index in [0.717, 1.165) is 12.8 Å². The highest BCUT2D eigenvalue weighted by Crippen LogP contribution is 2.32. The number of amides is 2. The number of carbonyl (C=O) groups is 2. The highest BCUT2D eigenvalue weighted by Gasteiger charge is 2.28. The first-order valence-corrected chi connectivity index (χ1v) is 6.62. The van der Waals surface area contributed by atoms with Crippen LogP contribution in [0.15, 0.2) is 0 Å². The Hall–Kier alpha value is -1.10. The average Bonchev–Trinajstić information content (AvgIpc) is 2.26. The van der Waals surface area contributed by atoms with Gasteiger partial charge < -0.3 is 15.8 Å². The van der Waals surface area contributed by atoms with Gasteiger partial charge in [0, 0.05) is 12.5 Å². The zero-order valence-electron chi connectivity index (χ0n) is 11.3. The van der Waals surface area contributed by atoms with Crippen LogP contribution in [0, 0.1) is 17.8 Å². The zero-order valence-corrected chi connectivity index (χ0v) is 11.3. The predicted octanol–water partition coefficient (Wildman–Crippen LogP) is 0.677. The third kappa shape index (κ3) is 5.49. The standard InChI is InChI=1S/C13H24N2O3/c1-9-5-10(2)7-11(6-9)13(17)15-3-4-18-8-12(14)16/h9-11H,3-8H2,1-2H3,(H2,14,16)(H,15,17). The lowest BCUT2D eigenvalue weighted by Crippen LogP contribution is -2.37. The van der Waals surface area contributed by atoms with E-state index in [0.29, 0.717) is 25.0 Å². The quantitative estimate of drug-likeness (QED) is 0.686. The van der Waals surface area contributed by atoms with E-state index < -0.39 is 5.91 Å². The third-order valence-electron chi connectivity index (χ3n) is 3.34. The Morgan fingerprint density at radius 2 is 1.83 bits per heavy atom. The number of nitrogens with one attached hydrogen (secondary N) is 1. The van der Waals surface area contributed by atoms with E-state index in [1.165, 1.54) is 6.42 Å². The van der Waals surface area contributed by atoms with Gasteiger partial charge in [-0.05, 0) is 31.1 Å². The van der Waals surface area contributed by atoms with Crippen molar-refractivity contribution >= 4 is 11.8 Å². The van der Waals surface area contributed by atoms with E-state index in [1.54, 1.807) is 0 Å². The molecule has 1 aliphatic rings. The molecule has 0 spiro atoms. The van der Waals surface area contributed by atoms with Crippen molar-refractivity contribution < 1.29 is 14.3 Å². The molecule has 1 saturated carbocycles. The number of primary amides is 1. The normalized spacial score (nSPS) is 27.8. The first kappa shape index (κ1) is 15.0. The number of ether oxygens (including phenoxy) is 1. The zero-order chi connectivity index (χ0) is 13.5. The topological polar surface area (TPSA) is 81.4 Å². The van der Waals surface area contributed by atoms with E-state index in [4.69, 9.17) is 10.5 Å². The van der Waals surface area contributed by atoms with Gasteiger partial charge in [0.05, 0.1) is 6.61 Å². The van der Waals surface area contributed by atoms with Crippen LogP contribution < -0.4 is 11.1 Å². The summed E-state index contributed by atoms with van der Waals surface area (Å²) in [6, 6.07) is 0. The van der Waals surface area contributed by atoms with Crippen LogP contribution >= 0.6 is 0 Å². The molecular formula is C13H24N2O3. The monoisotopic (exact) mass is 256 g/mol. The summed E-state index contributed by atoms with van der Waals surface area (Å²) in [4.78, 5) is 22.4. The minimum atomic E-state index is -0.490. The molecule has 2 unspecified atom stereocenters. The summed E-state index contributed by atoms with van der Waals surface area (Å²) in [5, 5.41) is 2.85. The molecule has 0 heterocycles. The lowest BCUT2D eigenvalue weighted by Gasteiger charge is -2.30. The van der Waals surface area contributed by atoms with Crippen LogP contribution in [0.2, 0.25) is 0 Å². The fraction of sp³-hybridized carbons (Fsp3) is 0.846. The molecule has 5 heteroatoms. The summed E-state index contributed by atoms with van der Waals surface area (Å²) in [7, 11) is 0. The van der Waals surface area contributed by atoms with Crippen molar-refractivity contribution in [2.75, 3.05) is 19.8 Å². The Balaban J connectivity index is 2.18. The number of carbonyl (C=O) groups excluding carboxylic acids is 2. The van der Waals surface area contributed by atoms with Crippen molar-refractivity contribution in [2.45, 2.75) is 33.1 Å². The molecule has 2 atom stereocenters. The summed E-state index contributed by atoms with van der Waals surface area (Å²) >= 11 is 0. The van der Waals surface area contributed by atoms with Crippen molar-refractivity contribution in [1.82, 2.24) is 5.32 Å². The molecule has 0 aromatic rings. The van der Waals surface area contributed by atoms with E-state index in [2.05, 4.69) is 19.2 Å². The summed E-state index contributed by atoms with van der Waals surface area (Å²) < 4.78 is 4.99. The number of nitrogens with two attached hydrogens (primary N) is 1. The van der Waals surface area contributed by atoms with Crippen LogP contribution in [0.1, 0.15) is 33.1 Å². The Bertz CT molecular complexity index is 284. The van der Waals surface area contributed by atoms with Crippen LogP contribution in [0.4, 0.5) is 0 Å². The van der Waals surface area contributed by atoms with Crippen molar-refractivity contribution in [3.8, 4) is 0 Å². The van der Waals surface area contributed by atoms with Crippen LogP contribution in [-0.2, 0) is 14.3 Å². The second-order valence-corrected chi connectivity index (χ2v) is 5.42. The van der Waals surface area contributed by atoms with Crippen molar-refractivity contribution in [2.24, 2.45) is 23.5 Å². The maximum Gasteiger partial charge on any atom is 0.243 e. The van der Waals surface area contributed by atoms with Gasteiger partial charge in [-0.25, -0.2) is 0 Å². The Morgan fingerprint density at radius 3 is 2.39 bits per heavy atom. The minimum absolute atomic E-state index is 0.0899. The van der Waals surface area contributed by atoms with Crippen LogP contribution in [0.3, 0.4) is 0 Å². The molecule has 0 radical (unpaired) electrons. The molecule has 1 fully saturated rings. The molecule has 104 valence electrons. The smallest absolute Gasteiger partial charge is 0.243 e. The lowest BCUT2D eigenvalue weighted by atomic mass is 9.76. The van der Waals surface area contributed by atoms with Gasteiger partial charge in [0.1, 0.15) is 6.61 Å². The molecule has 1 rings (SSSR count). The highest BCUT2D eigenvalue weighted by atomic mass is 16.5. The van der Waals surface area contributed by atoms with Gasteiger partial charge in [0.25, 0.3) is 0 Å². The molecule has 1 aliphatic carbocycles. The number of hydrogen-bond donors (Lipinski definition) is 2. The molecule has 2 amide bonds. The second-order valence-electron chi connectivity index (χ2n) is 5.42. The van der Waals surface area contributed by atoms with Gasteiger partial charge in [-0.3, -0.25) is 9.59 Å². The molecule has 3 N–H and O–H groups in total. The van der Waals surface area contributed by atoms with E-state index in [1.807, 2.05) is 0 Å². The highest BCUT2D eigenvalue weighted by molar-refractivity contribution is 5.78. The fourth-order valence-corrected chi connectivity index (χ4v) is 2.72. The first-order valence-electron chi connectivity index (χ1n) is 6.62. The fourth-order valence-electron chi connectivity index (χ4n) is 2.72. The van der Waals surface area contributed by atoms with E-state index in [-0.39, 0.29) is 18.4 Å². The molecule has 0 aliphatic heterocycles. The molecule has 0 bridgehead atoms. The Morgan fingerprint density at radius 1 is 1.22 bits per heavy atom.